The van der Waals surface area contributed by atoms with E-state index in [4.69, 9.17) is 81.3 Å². The Morgan fingerprint density at radius 1 is 0.608 bits per heavy atom. The Labute approximate surface area is 446 Å². The average Bonchev–Trinajstić information content (AvgIpc) is 4.36. The van der Waals surface area contributed by atoms with Gasteiger partial charge in [-0.15, -0.1) is 0 Å². The first-order valence-corrected chi connectivity index (χ1v) is 24.2. The van der Waals surface area contributed by atoms with Crippen molar-refractivity contribution in [3.63, 3.8) is 0 Å². The predicted molar refractivity (Wildman–Crippen MR) is 242 cm³/mol. The number of carbonyl (C=O) groups is 10. The molecule has 0 aromatic carbocycles. The third-order valence-electron chi connectivity index (χ3n) is 13.1. The van der Waals surface area contributed by atoms with Gasteiger partial charge in [0.1, 0.15) is 48.8 Å². The van der Waals surface area contributed by atoms with Gasteiger partial charge in [0.15, 0.2) is 24.4 Å². The molecule has 0 saturated carbocycles. The lowest BCUT2D eigenvalue weighted by Crippen LogP contribution is -2.68. The maximum atomic E-state index is 14.3. The van der Waals surface area contributed by atoms with Crippen LogP contribution >= 0.6 is 0 Å². The number of aliphatic hydroxyl groups excluding tert-OH is 3. The molecule has 0 radical (unpaired) electrons. The van der Waals surface area contributed by atoms with Crippen molar-refractivity contribution in [2.45, 2.75) is 162 Å². The topological polar surface area (TPSA) is 464 Å². The summed E-state index contributed by atoms with van der Waals surface area (Å²) in [5.41, 5.74) is 8.75. The molecule has 6 aliphatic rings. The molecule has 440 valence electrons. The maximum Gasteiger partial charge on any atom is 0.407 e. The Kier molecular flexibility index (Phi) is 20.1. The number of fused-ring (bicyclic) bond motifs is 3. The van der Waals surface area contributed by atoms with Crippen molar-refractivity contribution in [3.8, 4) is 0 Å². The number of amides is 3. The molecular formula is C44H60N6O29. The van der Waals surface area contributed by atoms with Crippen molar-refractivity contribution >= 4 is 60.1 Å². The summed E-state index contributed by atoms with van der Waals surface area (Å²) >= 11 is 0. The minimum Gasteiger partial charge on any atom is -0.465 e. The van der Waals surface area contributed by atoms with Gasteiger partial charge in [0.2, 0.25) is 0 Å². The van der Waals surface area contributed by atoms with Gasteiger partial charge >= 0.3 is 60.1 Å². The lowest BCUT2D eigenvalue weighted by atomic mass is 9.88. The number of alkyl carbamates (subject to hydrolysis) is 3. The van der Waals surface area contributed by atoms with Crippen LogP contribution in [0, 0.1) is 0 Å². The van der Waals surface area contributed by atoms with Crippen LogP contribution in [0.5, 0.6) is 0 Å². The maximum absolute atomic E-state index is 14.3. The Bertz CT molecular complexity index is 2380. The van der Waals surface area contributed by atoms with Gasteiger partial charge < -0.3 is 107 Å². The first-order valence-electron chi connectivity index (χ1n) is 24.2. The van der Waals surface area contributed by atoms with Crippen molar-refractivity contribution < 1.29 is 139 Å². The standard InChI is InChI=1S/C44H60N6O29/c1-17(52)70-25(15-68-43(37(59)65-6)12-22-27(47-39(61)74-22)33(77-43)30(57)21(56)14-51)32(73-20(4)55)35-29-24(76-41(63)49-29)13-44(79-35,38(60)66-7)69-16-26(71-18(2)53)31(72-19(3)54)34-28-23(75-40(62)48-28)11-42(78-34,36(58)64-5)67-10-8-9-46-50-45/h21-35,51,56-57H,8-16H2,1-7H3,(H,47,61)(H,48,62)(H,49,63)/t21-,22+,23+,24+,25-,26-,27-,28-,29-,30-,31-,32-,33-,34-,35-,42-,43-,44-/m1/s1. The van der Waals surface area contributed by atoms with Crippen molar-refractivity contribution in [1.82, 2.24) is 16.0 Å². The molecule has 0 aromatic heterocycles. The van der Waals surface area contributed by atoms with E-state index >= 15 is 0 Å². The van der Waals surface area contributed by atoms with Gasteiger partial charge in [-0.05, 0) is 12.0 Å². The number of aliphatic hydroxyl groups is 3. The smallest absolute Gasteiger partial charge is 0.407 e. The van der Waals surface area contributed by atoms with Gasteiger partial charge in [-0.3, -0.25) is 19.2 Å². The molecular weight excluding hydrogens is 1080 g/mol. The monoisotopic (exact) mass is 1140 g/mol. The zero-order valence-electron chi connectivity index (χ0n) is 43.3. The number of azide groups is 1. The molecule has 0 aromatic rings. The summed E-state index contributed by atoms with van der Waals surface area (Å²) in [6.07, 6.45) is -27.0. The number of methoxy groups -OCH3 is 3. The summed E-state index contributed by atoms with van der Waals surface area (Å²) < 4.78 is 90.8. The second-order valence-electron chi connectivity index (χ2n) is 18.4. The SMILES string of the molecule is COC(=O)[C@@]1(OCCCN=[N+]=[N-])C[C@@H]2OC(=O)N[C@H]2[C@H]([C@H](OC(C)=O)[C@@H](CO[C@]2(C(=O)OC)C[C@@H]3OC(=O)N[C@H]3[C@H]([C@H](OC(C)=O)[C@@H](CO[C@]3(C(=O)OC)C[C@@H]4OC(=O)N[C@H]4[C@H]([C@H](O)[C@H](O)CO)O3)OC(C)=O)O2)OC(C)=O)O1. The second-order valence-corrected chi connectivity index (χ2v) is 18.4. The quantitative estimate of drug-likeness (QED) is 0.0129. The van der Waals surface area contributed by atoms with E-state index in [9.17, 15) is 63.3 Å². The summed E-state index contributed by atoms with van der Waals surface area (Å²) in [5.74, 6) is -16.4. The van der Waals surface area contributed by atoms with Crippen LogP contribution in [0.15, 0.2) is 5.11 Å². The van der Waals surface area contributed by atoms with E-state index in [0.717, 1.165) is 49.0 Å². The Morgan fingerprint density at radius 3 is 1.30 bits per heavy atom. The zero-order valence-corrected chi connectivity index (χ0v) is 43.3. The first-order chi connectivity index (χ1) is 37.4. The highest BCUT2D eigenvalue weighted by Crippen LogP contribution is 2.43. The van der Waals surface area contributed by atoms with Gasteiger partial charge in [-0.2, -0.15) is 0 Å². The molecule has 0 aliphatic carbocycles. The number of esters is 7. The molecule has 6 rings (SSSR count). The van der Waals surface area contributed by atoms with Gasteiger partial charge in [0.25, 0.3) is 17.4 Å². The fraction of sp³-hybridized carbons (Fsp3) is 0.773. The van der Waals surface area contributed by atoms with Gasteiger partial charge in [-0.1, -0.05) is 5.11 Å². The van der Waals surface area contributed by atoms with Gasteiger partial charge in [0.05, 0.1) is 85.1 Å². The van der Waals surface area contributed by atoms with Gasteiger partial charge in [0, 0.05) is 39.2 Å². The third-order valence-corrected chi connectivity index (χ3v) is 13.1. The van der Waals surface area contributed by atoms with E-state index in [0.29, 0.717) is 0 Å². The van der Waals surface area contributed by atoms with Crippen LogP contribution in [0.25, 0.3) is 10.4 Å². The predicted octanol–water partition coefficient (Wildman–Crippen LogP) is -3.42. The van der Waals surface area contributed by atoms with Crippen molar-refractivity contribution in [1.29, 1.82) is 0 Å². The zero-order chi connectivity index (χ0) is 58.1. The Balaban J connectivity index is 1.39. The fourth-order valence-corrected chi connectivity index (χ4v) is 9.86. The Hall–Kier alpha value is -6.95. The second kappa shape index (κ2) is 25.9. The summed E-state index contributed by atoms with van der Waals surface area (Å²) in [5, 5.41) is 41.9. The summed E-state index contributed by atoms with van der Waals surface area (Å²) in [6.45, 7) is -0.00545. The summed E-state index contributed by atoms with van der Waals surface area (Å²) in [7, 11) is 2.76. The lowest BCUT2D eigenvalue weighted by molar-refractivity contribution is -0.328. The molecule has 0 bridgehead atoms. The Morgan fingerprint density at radius 2 is 0.962 bits per heavy atom. The van der Waals surface area contributed by atoms with Crippen LogP contribution in [-0.4, -0.2) is 238 Å². The van der Waals surface area contributed by atoms with Crippen LogP contribution in [0.1, 0.15) is 53.4 Å². The van der Waals surface area contributed by atoms with E-state index in [1.54, 1.807) is 0 Å². The molecule has 35 nitrogen and oxygen atoms in total. The highest BCUT2D eigenvalue weighted by Gasteiger charge is 2.65. The number of carbonyl (C=O) groups excluding carboxylic acids is 10. The molecule has 6 saturated heterocycles. The molecule has 6 fully saturated rings. The number of hydrogen-bond donors (Lipinski definition) is 6. The van der Waals surface area contributed by atoms with Crippen LogP contribution < -0.4 is 16.0 Å². The van der Waals surface area contributed by atoms with Gasteiger partial charge in [-0.25, -0.2) is 28.8 Å². The summed E-state index contributed by atoms with van der Waals surface area (Å²) in [6, 6.07) is -4.07. The third kappa shape index (κ3) is 13.7. The number of hydrogen-bond acceptors (Lipinski definition) is 30. The minimum absolute atomic E-state index is 0.0276. The number of rotatable bonds is 25. The molecule has 6 N–H and O–H groups in total. The average molecular weight is 1140 g/mol. The van der Waals surface area contributed by atoms with Crippen molar-refractivity contribution in [3.05, 3.63) is 10.4 Å². The lowest BCUT2D eigenvalue weighted by Gasteiger charge is -2.47. The van der Waals surface area contributed by atoms with E-state index in [-0.39, 0.29) is 19.6 Å². The fourth-order valence-electron chi connectivity index (χ4n) is 9.86. The molecule has 0 spiro atoms. The van der Waals surface area contributed by atoms with Crippen LogP contribution in [-0.2, 0) is 109 Å². The molecule has 79 heavy (non-hydrogen) atoms. The largest absolute Gasteiger partial charge is 0.465 e. The number of nitrogens with zero attached hydrogens (tertiary/aromatic N) is 3. The highest BCUT2D eigenvalue weighted by atomic mass is 16.8. The van der Waals surface area contributed by atoms with E-state index in [1.165, 1.54) is 0 Å². The van der Waals surface area contributed by atoms with Crippen molar-refractivity contribution in [2.24, 2.45) is 5.11 Å². The van der Waals surface area contributed by atoms with E-state index < -0.39 is 208 Å². The first kappa shape index (κ1) is 61.3. The van der Waals surface area contributed by atoms with Crippen LogP contribution in [0.4, 0.5) is 14.4 Å². The highest BCUT2D eigenvalue weighted by molar-refractivity contribution is 5.81. The molecule has 35 heteroatoms. The normalized spacial score (nSPS) is 32.6. The molecule has 0 unspecified atom stereocenters. The minimum atomic E-state index is -2.89. The molecule has 6 heterocycles. The number of ether oxygens (including phenoxy) is 16. The molecule has 3 amide bonds. The van der Waals surface area contributed by atoms with Crippen molar-refractivity contribution in [2.75, 3.05) is 54.3 Å². The number of nitrogens with one attached hydrogen (secondary N) is 3. The van der Waals surface area contributed by atoms with E-state index in [1.807, 2.05) is 0 Å². The summed E-state index contributed by atoms with van der Waals surface area (Å²) in [4.78, 5) is 135. The molecule has 18 atom stereocenters. The molecule has 6 aliphatic heterocycles. The van der Waals surface area contributed by atoms with Crippen LogP contribution in [0.3, 0.4) is 0 Å². The van der Waals surface area contributed by atoms with Crippen LogP contribution in [0.2, 0.25) is 0 Å². The van der Waals surface area contributed by atoms with E-state index in [2.05, 4.69) is 26.0 Å².